The number of carbonyl (C=O) groups is 1. The van der Waals surface area contributed by atoms with Gasteiger partial charge in [-0.15, -0.1) is 0 Å². The Labute approximate surface area is 202 Å². The molecule has 4 fully saturated rings. The second-order valence-corrected chi connectivity index (χ2v) is 11.5. The number of urea groups is 1. The molecule has 0 saturated heterocycles. The van der Waals surface area contributed by atoms with E-state index in [0.29, 0.717) is 6.54 Å². The topological polar surface area (TPSA) is 37.3 Å². The molecule has 1 N–H and O–H groups in total. The molecule has 0 unspecified atom stereocenters. The van der Waals surface area contributed by atoms with Crippen LogP contribution in [-0.4, -0.2) is 21.0 Å². The summed E-state index contributed by atoms with van der Waals surface area (Å²) in [6.07, 6.45) is 9.78. The average molecular weight is 452 g/mol. The fourth-order valence-electron chi connectivity index (χ4n) is 8.09. The number of fused-ring (bicyclic) bond motifs is 3. The number of nitrogens with zero attached hydrogens (tertiary/aromatic N) is 2. The highest BCUT2D eigenvalue weighted by atomic mass is 16.2. The van der Waals surface area contributed by atoms with Crippen LogP contribution in [0.1, 0.15) is 67.0 Å². The van der Waals surface area contributed by atoms with Gasteiger partial charge in [0.15, 0.2) is 0 Å². The third kappa shape index (κ3) is 3.22. The highest BCUT2D eigenvalue weighted by molar-refractivity contribution is 5.77. The van der Waals surface area contributed by atoms with E-state index in [-0.39, 0.29) is 17.6 Å². The molecule has 0 spiro atoms. The molecule has 4 saturated carbocycles. The van der Waals surface area contributed by atoms with Gasteiger partial charge in [0.1, 0.15) is 0 Å². The van der Waals surface area contributed by atoms with E-state index in [4.69, 9.17) is 0 Å². The fraction of sp³-hybridized carbons (Fsp3) is 0.433. The number of carbonyl (C=O) groups excluding carboxylic acids is 1. The third-order valence-electron chi connectivity index (χ3n) is 8.99. The Hall–Kier alpha value is -3.01. The van der Waals surface area contributed by atoms with Gasteiger partial charge in [-0.2, -0.15) is 0 Å². The highest BCUT2D eigenvalue weighted by Crippen LogP contribution is 2.55. The molecule has 8 rings (SSSR count). The van der Waals surface area contributed by atoms with Crippen LogP contribution in [-0.2, 0) is 6.54 Å². The Balaban J connectivity index is 1.31. The summed E-state index contributed by atoms with van der Waals surface area (Å²) in [7, 11) is 0. The maximum Gasteiger partial charge on any atom is 0.318 e. The average Bonchev–Trinajstić information content (AvgIpc) is 3.22. The molecule has 1 aliphatic heterocycles. The molecule has 34 heavy (non-hydrogen) atoms. The van der Waals surface area contributed by atoms with Gasteiger partial charge in [0, 0.05) is 17.4 Å². The van der Waals surface area contributed by atoms with Crippen LogP contribution in [0.4, 0.5) is 4.79 Å². The summed E-state index contributed by atoms with van der Waals surface area (Å²) in [5.74, 6) is 2.42. The Morgan fingerprint density at radius 2 is 1.65 bits per heavy atom. The first-order valence-electron chi connectivity index (χ1n) is 13.0. The summed E-state index contributed by atoms with van der Waals surface area (Å²) in [6, 6.07) is 21.4. The lowest BCUT2D eigenvalue weighted by Crippen LogP contribution is -2.62. The maximum atomic E-state index is 14.3. The Kier molecular flexibility index (Phi) is 4.49. The number of hydrogen-bond acceptors (Lipinski definition) is 1. The van der Waals surface area contributed by atoms with E-state index in [1.54, 1.807) is 0 Å². The monoisotopic (exact) mass is 451 g/mol. The molecule has 4 bridgehead atoms. The number of amides is 2. The Morgan fingerprint density at radius 3 is 2.38 bits per heavy atom. The van der Waals surface area contributed by atoms with Gasteiger partial charge in [-0.1, -0.05) is 48.0 Å². The molecule has 2 amide bonds. The van der Waals surface area contributed by atoms with Crippen LogP contribution in [0.15, 0.2) is 66.9 Å². The van der Waals surface area contributed by atoms with E-state index in [1.807, 2.05) is 0 Å². The van der Waals surface area contributed by atoms with E-state index >= 15 is 0 Å². The summed E-state index contributed by atoms with van der Waals surface area (Å²) >= 11 is 0. The van der Waals surface area contributed by atoms with Crippen molar-refractivity contribution in [3.05, 3.63) is 89.2 Å². The standard InChI is InChI=1S/C30H33N3O/c1-20-6-4-8-24(12-20)28-27-10-5-11-32(27)26-9-3-2-7-25(26)19-33(28)29(34)31-30-16-21-13-22(17-30)15-23(14-21)18-30/h2-12,21-23,28H,13-19H2,1H3,(H,31,34)/t21?,22?,23?,28-,30?/m0/s1. The van der Waals surface area contributed by atoms with Crippen molar-refractivity contribution in [1.82, 2.24) is 14.8 Å². The summed E-state index contributed by atoms with van der Waals surface area (Å²) in [5, 5.41) is 3.67. The van der Waals surface area contributed by atoms with Gasteiger partial charge in [-0.3, -0.25) is 0 Å². The number of rotatable bonds is 2. The van der Waals surface area contributed by atoms with Crippen LogP contribution >= 0.6 is 0 Å². The van der Waals surface area contributed by atoms with Crippen molar-refractivity contribution in [2.24, 2.45) is 17.8 Å². The minimum atomic E-state index is -0.129. The van der Waals surface area contributed by atoms with Crippen molar-refractivity contribution in [3.8, 4) is 5.69 Å². The van der Waals surface area contributed by atoms with E-state index in [9.17, 15) is 4.79 Å². The number of para-hydroxylation sites is 1. The van der Waals surface area contributed by atoms with Crippen LogP contribution in [0.3, 0.4) is 0 Å². The van der Waals surface area contributed by atoms with Crippen molar-refractivity contribution in [1.29, 1.82) is 0 Å². The van der Waals surface area contributed by atoms with Gasteiger partial charge in [-0.05, 0) is 92.5 Å². The fourth-order valence-corrected chi connectivity index (χ4v) is 8.09. The van der Waals surface area contributed by atoms with Gasteiger partial charge in [0.2, 0.25) is 0 Å². The molecule has 4 nitrogen and oxygen atoms in total. The summed E-state index contributed by atoms with van der Waals surface area (Å²) < 4.78 is 2.28. The first-order valence-corrected chi connectivity index (χ1v) is 13.0. The molecule has 174 valence electrons. The summed E-state index contributed by atoms with van der Waals surface area (Å²) in [5.41, 5.74) is 5.90. The molecular formula is C30H33N3O. The van der Waals surface area contributed by atoms with Crippen LogP contribution < -0.4 is 5.32 Å². The highest BCUT2D eigenvalue weighted by Gasteiger charge is 2.52. The molecule has 1 aromatic heterocycles. The van der Waals surface area contributed by atoms with Crippen molar-refractivity contribution < 1.29 is 4.79 Å². The van der Waals surface area contributed by atoms with E-state index in [1.165, 1.54) is 60.9 Å². The summed E-state index contributed by atoms with van der Waals surface area (Å²) in [4.78, 5) is 16.4. The number of aryl methyl sites for hydroxylation is 1. The molecule has 2 heterocycles. The molecule has 5 aliphatic rings. The molecule has 3 aromatic rings. The van der Waals surface area contributed by atoms with E-state index in [0.717, 1.165) is 23.4 Å². The van der Waals surface area contributed by atoms with Crippen LogP contribution in [0.25, 0.3) is 5.69 Å². The van der Waals surface area contributed by atoms with Crippen molar-refractivity contribution in [2.45, 2.75) is 63.6 Å². The minimum absolute atomic E-state index is 0.00317. The lowest BCUT2D eigenvalue weighted by molar-refractivity contribution is -0.0163. The van der Waals surface area contributed by atoms with Gasteiger partial charge >= 0.3 is 6.03 Å². The molecule has 1 atom stereocenters. The van der Waals surface area contributed by atoms with Gasteiger partial charge < -0.3 is 14.8 Å². The number of hydrogen-bond donors (Lipinski definition) is 1. The second kappa shape index (κ2) is 7.49. The SMILES string of the molecule is Cc1cccc([C@H]2c3cccn3-c3ccccc3CN2C(=O)NC23CC4CC(CC(C4)C2)C3)c1. The predicted octanol–water partition coefficient (Wildman–Crippen LogP) is 6.37. The van der Waals surface area contributed by atoms with E-state index < -0.39 is 0 Å². The quantitative estimate of drug-likeness (QED) is 0.483. The summed E-state index contributed by atoms with van der Waals surface area (Å²) in [6.45, 7) is 2.74. The van der Waals surface area contributed by atoms with Gasteiger partial charge in [-0.25, -0.2) is 4.79 Å². The predicted molar refractivity (Wildman–Crippen MR) is 134 cm³/mol. The van der Waals surface area contributed by atoms with Gasteiger partial charge in [0.05, 0.1) is 18.3 Å². The zero-order valence-corrected chi connectivity index (χ0v) is 19.9. The van der Waals surface area contributed by atoms with Crippen molar-refractivity contribution in [2.75, 3.05) is 0 Å². The largest absolute Gasteiger partial charge is 0.332 e. The Bertz CT molecular complexity index is 1220. The first kappa shape index (κ1) is 20.4. The van der Waals surface area contributed by atoms with Crippen LogP contribution in [0.2, 0.25) is 0 Å². The first-order chi connectivity index (χ1) is 16.6. The number of nitrogens with one attached hydrogen (secondary N) is 1. The number of aromatic nitrogens is 1. The zero-order chi connectivity index (χ0) is 22.9. The van der Waals surface area contributed by atoms with Crippen LogP contribution in [0.5, 0.6) is 0 Å². The van der Waals surface area contributed by atoms with Crippen molar-refractivity contribution in [3.63, 3.8) is 0 Å². The smallest absolute Gasteiger partial charge is 0.318 e. The van der Waals surface area contributed by atoms with Gasteiger partial charge in [0.25, 0.3) is 0 Å². The molecule has 2 aromatic carbocycles. The third-order valence-corrected chi connectivity index (χ3v) is 8.99. The van der Waals surface area contributed by atoms with Crippen LogP contribution in [0, 0.1) is 24.7 Å². The molecular weight excluding hydrogens is 418 g/mol. The maximum absolute atomic E-state index is 14.3. The number of benzene rings is 2. The van der Waals surface area contributed by atoms with Crippen molar-refractivity contribution >= 4 is 6.03 Å². The zero-order valence-electron chi connectivity index (χ0n) is 19.9. The van der Waals surface area contributed by atoms with E-state index in [2.05, 4.69) is 88.6 Å². The lowest BCUT2D eigenvalue weighted by atomic mass is 9.53. The Morgan fingerprint density at radius 1 is 0.912 bits per heavy atom. The normalized spacial score (nSPS) is 31.0. The minimum Gasteiger partial charge on any atom is -0.332 e. The lowest BCUT2D eigenvalue weighted by Gasteiger charge is -2.57. The molecule has 4 aliphatic carbocycles. The second-order valence-electron chi connectivity index (χ2n) is 11.5. The molecule has 4 heteroatoms. The molecule has 0 radical (unpaired) electrons.